The Balaban J connectivity index is 1.63. The molecule has 0 aliphatic rings. The smallest absolute Gasteiger partial charge is 0.242 e. The lowest BCUT2D eigenvalue weighted by atomic mass is 10.0. The molecular weight excluding hydrogens is 374 g/mol. The number of ether oxygens (including phenoxy) is 1. The zero-order valence-electron chi connectivity index (χ0n) is 17.6. The van der Waals surface area contributed by atoms with Crippen LogP contribution in [0.3, 0.4) is 0 Å². The lowest BCUT2D eigenvalue weighted by molar-refractivity contribution is -0.126. The lowest BCUT2D eigenvalue weighted by Crippen LogP contribution is -2.40. The Labute approximate surface area is 178 Å². The molecule has 0 aliphatic heterocycles. The van der Waals surface area contributed by atoms with Crippen molar-refractivity contribution in [3.8, 4) is 5.75 Å². The topological polar surface area (TPSA) is 54.5 Å². The summed E-state index contributed by atoms with van der Waals surface area (Å²) in [6.07, 6.45) is 1.75. The van der Waals surface area contributed by atoms with Crippen LogP contribution in [0.15, 0.2) is 79.0 Å². The van der Waals surface area contributed by atoms with Gasteiger partial charge in [0.2, 0.25) is 5.91 Å². The van der Waals surface area contributed by atoms with Crippen molar-refractivity contribution in [1.82, 2.24) is 15.2 Å². The van der Waals surface area contributed by atoms with Crippen LogP contribution in [0.5, 0.6) is 5.75 Å². The quantitative estimate of drug-likeness (QED) is 0.546. The molecule has 5 nitrogen and oxygen atoms in total. The highest BCUT2D eigenvalue weighted by Crippen LogP contribution is 2.21. The summed E-state index contributed by atoms with van der Waals surface area (Å²) < 4.78 is 5.85. The SMILES string of the molecule is CCN(CC)C(C(=O)NCc1cccc(OCc2ccccn2)c1)c1ccccc1. The number of nitrogens with one attached hydrogen (secondary N) is 1. The van der Waals surface area contributed by atoms with Crippen LogP contribution in [-0.4, -0.2) is 28.9 Å². The fraction of sp³-hybridized carbons (Fsp3) is 0.280. The van der Waals surface area contributed by atoms with Crippen LogP contribution in [0, 0.1) is 0 Å². The molecule has 1 heterocycles. The molecule has 1 amide bonds. The molecule has 0 saturated carbocycles. The average molecular weight is 404 g/mol. The van der Waals surface area contributed by atoms with E-state index in [0.29, 0.717) is 13.2 Å². The predicted octanol–water partition coefficient (Wildman–Crippen LogP) is 4.36. The van der Waals surface area contributed by atoms with Crippen molar-refractivity contribution in [2.75, 3.05) is 13.1 Å². The van der Waals surface area contributed by atoms with E-state index in [4.69, 9.17) is 4.74 Å². The second-order valence-corrected chi connectivity index (χ2v) is 7.01. The summed E-state index contributed by atoms with van der Waals surface area (Å²) in [5, 5.41) is 3.10. The van der Waals surface area contributed by atoms with E-state index < -0.39 is 0 Å². The Bertz CT molecular complexity index is 912. The van der Waals surface area contributed by atoms with Gasteiger partial charge in [-0.1, -0.05) is 62.4 Å². The fourth-order valence-electron chi connectivity index (χ4n) is 3.42. The van der Waals surface area contributed by atoms with Crippen LogP contribution in [0.1, 0.15) is 36.7 Å². The third-order valence-electron chi connectivity index (χ3n) is 5.02. The van der Waals surface area contributed by atoms with Gasteiger partial charge in [0, 0.05) is 12.7 Å². The molecule has 0 bridgehead atoms. The number of carbonyl (C=O) groups excluding carboxylic acids is 1. The molecule has 3 aromatic rings. The van der Waals surface area contributed by atoms with Crippen molar-refractivity contribution >= 4 is 5.91 Å². The molecule has 156 valence electrons. The maximum atomic E-state index is 13.1. The second kappa shape index (κ2) is 11.1. The standard InChI is InChI=1S/C25H29N3O2/c1-3-28(4-2)24(21-12-6-5-7-13-21)25(29)27-18-20-11-10-15-23(17-20)30-19-22-14-8-9-16-26-22/h5-17,24H,3-4,18-19H2,1-2H3,(H,27,29). The Morgan fingerprint density at radius 3 is 2.47 bits per heavy atom. The number of aromatic nitrogens is 1. The van der Waals surface area contributed by atoms with Crippen LogP contribution < -0.4 is 10.1 Å². The first-order valence-corrected chi connectivity index (χ1v) is 10.4. The van der Waals surface area contributed by atoms with E-state index in [2.05, 4.69) is 29.0 Å². The lowest BCUT2D eigenvalue weighted by Gasteiger charge is -2.29. The monoisotopic (exact) mass is 403 g/mol. The van der Waals surface area contributed by atoms with Gasteiger partial charge in [0.25, 0.3) is 0 Å². The molecule has 5 heteroatoms. The highest BCUT2D eigenvalue weighted by atomic mass is 16.5. The molecule has 0 saturated heterocycles. The fourth-order valence-corrected chi connectivity index (χ4v) is 3.42. The zero-order chi connectivity index (χ0) is 21.2. The molecule has 0 spiro atoms. The van der Waals surface area contributed by atoms with Crippen molar-refractivity contribution in [1.29, 1.82) is 0 Å². The highest BCUT2D eigenvalue weighted by Gasteiger charge is 2.25. The van der Waals surface area contributed by atoms with Crippen molar-refractivity contribution in [2.45, 2.75) is 33.0 Å². The number of benzene rings is 2. The molecule has 3 rings (SSSR count). The molecule has 0 radical (unpaired) electrons. The van der Waals surface area contributed by atoms with Gasteiger partial charge >= 0.3 is 0 Å². The Morgan fingerprint density at radius 1 is 1.00 bits per heavy atom. The van der Waals surface area contributed by atoms with Gasteiger partial charge in [-0.05, 0) is 48.5 Å². The minimum Gasteiger partial charge on any atom is -0.487 e. The minimum atomic E-state index is -0.301. The summed E-state index contributed by atoms with van der Waals surface area (Å²) in [4.78, 5) is 19.5. The largest absolute Gasteiger partial charge is 0.487 e. The first kappa shape index (κ1) is 21.5. The van der Waals surface area contributed by atoms with Gasteiger partial charge in [0.05, 0.1) is 5.69 Å². The normalized spacial score (nSPS) is 11.8. The Hall–Kier alpha value is -3.18. The number of likely N-dealkylation sites (N-methyl/N-ethyl adjacent to an activating group) is 1. The van der Waals surface area contributed by atoms with E-state index in [9.17, 15) is 4.79 Å². The van der Waals surface area contributed by atoms with Gasteiger partial charge in [0.15, 0.2) is 0 Å². The molecular formula is C25H29N3O2. The van der Waals surface area contributed by atoms with E-state index >= 15 is 0 Å². The van der Waals surface area contributed by atoms with Gasteiger partial charge in [-0.2, -0.15) is 0 Å². The van der Waals surface area contributed by atoms with E-state index in [1.165, 1.54) is 0 Å². The number of carbonyl (C=O) groups is 1. The third-order valence-corrected chi connectivity index (χ3v) is 5.02. The van der Waals surface area contributed by atoms with E-state index in [1.54, 1.807) is 6.20 Å². The molecule has 30 heavy (non-hydrogen) atoms. The molecule has 0 fully saturated rings. The van der Waals surface area contributed by atoms with Crippen LogP contribution >= 0.6 is 0 Å². The van der Waals surface area contributed by atoms with Gasteiger partial charge in [0.1, 0.15) is 18.4 Å². The summed E-state index contributed by atoms with van der Waals surface area (Å²) >= 11 is 0. The number of rotatable bonds is 10. The molecule has 1 aromatic heterocycles. The molecule has 1 N–H and O–H groups in total. The Kier molecular flexibility index (Phi) is 7.98. The number of nitrogens with zero attached hydrogens (tertiary/aromatic N) is 2. The van der Waals surface area contributed by atoms with Gasteiger partial charge in [-0.15, -0.1) is 0 Å². The number of pyridine rings is 1. The number of hydrogen-bond donors (Lipinski definition) is 1. The van der Waals surface area contributed by atoms with E-state index in [1.807, 2.05) is 72.8 Å². The predicted molar refractivity (Wildman–Crippen MR) is 119 cm³/mol. The van der Waals surface area contributed by atoms with Gasteiger partial charge in [-0.25, -0.2) is 0 Å². The first-order valence-electron chi connectivity index (χ1n) is 10.4. The van der Waals surface area contributed by atoms with E-state index in [-0.39, 0.29) is 11.9 Å². The van der Waals surface area contributed by atoms with Crippen LogP contribution in [0.2, 0.25) is 0 Å². The summed E-state index contributed by atoms with van der Waals surface area (Å²) in [5.41, 5.74) is 2.88. The van der Waals surface area contributed by atoms with Gasteiger partial charge in [-0.3, -0.25) is 14.7 Å². The summed E-state index contributed by atoms with van der Waals surface area (Å²) in [7, 11) is 0. The second-order valence-electron chi connectivity index (χ2n) is 7.01. The maximum absolute atomic E-state index is 13.1. The van der Waals surface area contributed by atoms with Crippen molar-refractivity contribution in [3.05, 3.63) is 95.8 Å². The van der Waals surface area contributed by atoms with Gasteiger partial charge < -0.3 is 10.1 Å². The van der Waals surface area contributed by atoms with E-state index in [0.717, 1.165) is 35.7 Å². The summed E-state index contributed by atoms with van der Waals surface area (Å²) in [6, 6.07) is 23.2. The Morgan fingerprint density at radius 2 is 1.77 bits per heavy atom. The van der Waals surface area contributed by atoms with Crippen molar-refractivity contribution < 1.29 is 9.53 Å². The average Bonchev–Trinajstić information content (AvgIpc) is 2.81. The molecule has 1 atom stereocenters. The third kappa shape index (κ3) is 5.91. The maximum Gasteiger partial charge on any atom is 0.242 e. The number of amides is 1. The van der Waals surface area contributed by atoms with Crippen LogP contribution in [-0.2, 0) is 17.9 Å². The van der Waals surface area contributed by atoms with Crippen LogP contribution in [0.25, 0.3) is 0 Å². The molecule has 0 aliphatic carbocycles. The zero-order valence-corrected chi connectivity index (χ0v) is 17.6. The molecule has 1 unspecified atom stereocenters. The minimum absolute atomic E-state index is 0.00436. The summed E-state index contributed by atoms with van der Waals surface area (Å²) in [5.74, 6) is 0.764. The van der Waals surface area contributed by atoms with Crippen LogP contribution in [0.4, 0.5) is 0 Å². The van der Waals surface area contributed by atoms with Crippen molar-refractivity contribution in [3.63, 3.8) is 0 Å². The van der Waals surface area contributed by atoms with Crippen molar-refractivity contribution in [2.24, 2.45) is 0 Å². The first-order chi connectivity index (χ1) is 14.7. The molecule has 2 aromatic carbocycles. The highest BCUT2D eigenvalue weighted by molar-refractivity contribution is 5.83. The summed E-state index contributed by atoms with van der Waals surface area (Å²) in [6.45, 7) is 6.63. The number of hydrogen-bond acceptors (Lipinski definition) is 4.